The van der Waals surface area contributed by atoms with Gasteiger partial charge in [-0.2, -0.15) is 0 Å². The lowest BCUT2D eigenvalue weighted by Gasteiger charge is -2.15. The molecule has 1 N–H and O–H groups in total. The third-order valence-corrected chi connectivity index (χ3v) is 3.74. The lowest BCUT2D eigenvalue weighted by molar-refractivity contribution is 0.0934. The van der Waals surface area contributed by atoms with Gasteiger partial charge in [-0.1, -0.05) is 42.5 Å². The quantitative estimate of drug-likeness (QED) is 0.791. The van der Waals surface area contributed by atoms with Gasteiger partial charge in [-0.3, -0.25) is 4.79 Å². The molecule has 3 rings (SSSR count). The van der Waals surface area contributed by atoms with E-state index in [0.717, 1.165) is 11.3 Å². The molecule has 3 aromatic rings. The van der Waals surface area contributed by atoms with E-state index >= 15 is 0 Å². The van der Waals surface area contributed by atoms with Crippen molar-refractivity contribution in [1.82, 2.24) is 10.3 Å². The van der Waals surface area contributed by atoms with E-state index in [2.05, 4.69) is 40.6 Å². The Hall–Kier alpha value is -2.68. The fourth-order valence-corrected chi connectivity index (χ4v) is 2.50. The Morgan fingerprint density at radius 1 is 1.00 bits per heavy atom. The number of hydrogen-bond acceptors (Lipinski definition) is 2. The first kappa shape index (κ1) is 14.3. The van der Waals surface area contributed by atoms with Crippen molar-refractivity contribution >= 4 is 16.7 Å². The molecule has 1 atom stereocenters. The number of nitrogens with zero attached hydrogens (tertiary/aromatic N) is 1. The number of nitrogens with one attached hydrogen (secondary N) is 1. The molecule has 3 heteroatoms. The summed E-state index contributed by atoms with van der Waals surface area (Å²) < 4.78 is 0. The van der Waals surface area contributed by atoms with E-state index in [1.165, 1.54) is 10.8 Å². The molecule has 0 saturated carbocycles. The van der Waals surface area contributed by atoms with Crippen LogP contribution >= 0.6 is 0 Å². The Balaban J connectivity index is 1.80. The van der Waals surface area contributed by atoms with Crippen LogP contribution < -0.4 is 5.32 Å². The molecule has 0 aliphatic rings. The maximum Gasteiger partial charge on any atom is 0.270 e. The molecule has 2 aromatic carbocycles. The van der Waals surface area contributed by atoms with Crippen LogP contribution in [0.25, 0.3) is 10.8 Å². The van der Waals surface area contributed by atoms with E-state index in [9.17, 15) is 4.79 Å². The van der Waals surface area contributed by atoms with E-state index in [0.29, 0.717) is 5.69 Å². The fraction of sp³-hybridized carbons (Fsp3) is 0.158. The van der Waals surface area contributed by atoms with Crippen molar-refractivity contribution in [3.8, 4) is 0 Å². The van der Waals surface area contributed by atoms with Gasteiger partial charge in [-0.05, 0) is 48.4 Å². The van der Waals surface area contributed by atoms with Gasteiger partial charge in [-0.25, -0.2) is 4.98 Å². The summed E-state index contributed by atoms with van der Waals surface area (Å²) in [5.74, 6) is -0.149. The number of amides is 1. The highest BCUT2D eigenvalue weighted by Crippen LogP contribution is 2.20. The molecule has 0 aliphatic carbocycles. The van der Waals surface area contributed by atoms with Gasteiger partial charge in [0.25, 0.3) is 5.91 Å². The average Bonchev–Trinajstić information content (AvgIpc) is 2.54. The SMILES string of the molecule is Cc1cccc(C(=O)NC(C)c2ccc3ccccc3c2)n1. The molecule has 0 aliphatic heterocycles. The van der Waals surface area contributed by atoms with Crippen LogP contribution in [0.3, 0.4) is 0 Å². The molecule has 22 heavy (non-hydrogen) atoms. The maximum absolute atomic E-state index is 12.3. The first-order chi connectivity index (χ1) is 10.6. The Bertz CT molecular complexity index is 826. The highest BCUT2D eigenvalue weighted by atomic mass is 16.1. The molecule has 1 amide bonds. The van der Waals surface area contributed by atoms with Crippen molar-refractivity contribution in [1.29, 1.82) is 0 Å². The van der Waals surface area contributed by atoms with Crippen molar-refractivity contribution in [3.63, 3.8) is 0 Å². The molecule has 0 saturated heterocycles. The minimum absolute atomic E-state index is 0.0700. The number of rotatable bonds is 3. The Morgan fingerprint density at radius 2 is 1.77 bits per heavy atom. The summed E-state index contributed by atoms with van der Waals surface area (Å²) in [6.07, 6.45) is 0. The van der Waals surface area contributed by atoms with E-state index in [4.69, 9.17) is 0 Å². The predicted molar refractivity (Wildman–Crippen MR) is 88.8 cm³/mol. The second-order valence-corrected chi connectivity index (χ2v) is 5.47. The number of carbonyl (C=O) groups is 1. The second kappa shape index (κ2) is 5.98. The first-order valence-electron chi connectivity index (χ1n) is 7.37. The minimum atomic E-state index is -0.149. The smallest absolute Gasteiger partial charge is 0.270 e. The fourth-order valence-electron chi connectivity index (χ4n) is 2.50. The van der Waals surface area contributed by atoms with Crippen LogP contribution in [0.5, 0.6) is 0 Å². The Morgan fingerprint density at radius 3 is 2.55 bits per heavy atom. The van der Waals surface area contributed by atoms with E-state index in [-0.39, 0.29) is 11.9 Å². The van der Waals surface area contributed by atoms with Crippen LogP contribution in [0.2, 0.25) is 0 Å². The normalized spacial score (nSPS) is 12.1. The van der Waals surface area contributed by atoms with Crippen LogP contribution in [0.4, 0.5) is 0 Å². The summed E-state index contributed by atoms with van der Waals surface area (Å²) in [7, 11) is 0. The summed E-state index contributed by atoms with van der Waals surface area (Å²) in [5, 5.41) is 5.38. The largest absolute Gasteiger partial charge is 0.344 e. The van der Waals surface area contributed by atoms with Gasteiger partial charge in [0.1, 0.15) is 5.69 Å². The van der Waals surface area contributed by atoms with Gasteiger partial charge in [0.05, 0.1) is 6.04 Å². The molecular weight excluding hydrogens is 272 g/mol. The molecule has 1 heterocycles. The van der Waals surface area contributed by atoms with Crippen molar-refractivity contribution in [3.05, 3.63) is 77.6 Å². The van der Waals surface area contributed by atoms with Crippen LogP contribution in [-0.4, -0.2) is 10.9 Å². The monoisotopic (exact) mass is 290 g/mol. The molecule has 1 unspecified atom stereocenters. The summed E-state index contributed by atoms with van der Waals surface area (Å²) in [6, 6.07) is 19.8. The predicted octanol–water partition coefficient (Wildman–Crippen LogP) is 4.03. The van der Waals surface area contributed by atoms with Crippen LogP contribution in [0.15, 0.2) is 60.7 Å². The van der Waals surface area contributed by atoms with Gasteiger partial charge < -0.3 is 5.32 Å². The van der Waals surface area contributed by atoms with Gasteiger partial charge in [-0.15, -0.1) is 0 Å². The number of carbonyl (C=O) groups excluding carboxylic acids is 1. The number of fused-ring (bicyclic) bond motifs is 1. The molecule has 110 valence electrons. The topological polar surface area (TPSA) is 42.0 Å². The lowest BCUT2D eigenvalue weighted by atomic mass is 10.0. The van der Waals surface area contributed by atoms with Crippen molar-refractivity contribution in [2.75, 3.05) is 0 Å². The zero-order valence-corrected chi connectivity index (χ0v) is 12.7. The molecule has 0 fully saturated rings. The van der Waals surface area contributed by atoms with E-state index in [1.54, 1.807) is 6.07 Å². The third-order valence-electron chi connectivity index (χ3n) is 3.74. The van der Waals surface area contributed by atoms with Gasteiger partial charge in [0.2, 0.25) is 0 Å². The third kappa shape index (κ3) is 2.98. The number of hydrogen-bond donors (Lipinski definition) is 1. The molecule has 0 radical (unpaired) electrons. The molecule has 1 aromatic heterocycles. The standard InChI is InChI=1S/C19H18N2O/c1-13-6-5-9-18(20-13)19(22)21-14(2)16-11-10-15-7-3-4-8-17(15)12-16/h3-12,14H,1-2H3,(H,21,22). The number of aromatic nitrogens is 1. The molecule has 0 bridgehead atoms. The molecule has 0 spiro atoms. The first-order valence-corrected chi connectivity index (χ1v) is 7.37. The van der Waals surface area contributed by atoms with Gasteiger partial charge >= 0.3 is 0 Å². The zero-order chi connectivity index (χ0) is 15.5. The van der Waals surface area contributed by atoms with Crippen molar-refractivity contribution < 1.29 is 4.79 Å². The van der Waals surface area contributed by atoms with Crippen LogP contribution in [0.1, 0.15) is 34.7 Å². The van der Waals surface area contributed by atoms with E-state index in [1.807, 2.05) is 38.1 Å². The molecular formula is C19H18N2O. The van der Waals surface area contributed by atoms with Crippen LogP contribution in [-0.2, 0) is 0 Å². The summed E-state index contributed by atoms with van der Waals surface area (Å²) in [5.41, 5.74) is 2.37. The highest BCUT2D eigenvalue weighted by molar-refractivity contribution is 5.92. The van der Waals surface area contributed by atoms with E-state index < -0.39 is 0 Å². The molecule has 3 nitrogen and oxygen atoms in total. The number of benzene rings is 2. The minimum Gasteiger partial charge on any atom is -0.344 e. The summed E-state index contributed by atoms with van der Waals surface area (Å²) >= 11 is 0. The highest BCUT2D eigenvalue weighted by Gasteiger charge is 2.12. The Kier molecular flexibility index (Phi) is 3.88. The zero-order valence-electron chi connectivity index (χ0n) is 12.7. The number of pyridine rings is 1. The van der Waals surface area contributed by atoms with Crippen LogP contribution in [0, 0.1) is 6.92 Å². The second-order valence-electron chi connectivity index (χ2n) is 5.47. The summed E-state index contributed by atoms with van der Waals surface area (Å²) in [6.45, 7) is 3.86. The average molecular weight is 290 g/mol. The van der Waals surface area contributed by atoms with Crippen molar-refractivity contribution in [2.24, 2.45) is 0 Å². The summed E-state index contributed by atoms with van der Waals surface area (Å²) in [4.78, 5) is 16.5. The lowest BCUT2D eigenvalue weighted by Crippen LogP contribution is -2.27. The van der Waals surface area contributed by atoms with Crippen molar-refractivity contribution in [2.45, 2.75) is 19.9 Å². The maximum atomic E-state index is 12.3. The van der Waals surface area contributed by atoms with Gasteiger partial charge in [0.15, 0.2) is 0 Å². The number of aryl methyl sites for hydroxylation is 1. The van der Waals surface area contributed by atoms with Gasteiger partial charge in [0, 0.05) is 5.69 Å². The Labute approximate surface area is 130 Å².